The molecule has 108 valence electrons. The van der Waals surface area contributed by atoms with E-state index in [2.05, 4.69) is 22.4 Å². The van der Waals surface area contributed by atoms with Crippen LogP contribution in [0.5, 0.6) is 0 Å². The van der Waals surface area contributed by atoms with Gasteiger partial charge >= 0.3 is 0 Å². The third-order valence-electron chi connectivity index (χ3n) is 2.63. The summed E-state index contributed by atoms with van der Waals surface area (Å²) in [4.78, 5) is 2.01. The molecule has 0 aliphatic heterocycles. The predicted molar refractivity (Wildman–Crippen MR) is 79.0 cm³/mol. The Morgan fingerprint density at radius 3 is 2.90 bits per heavy atom. The summed E-state index contributed by atoms with van der Waals surface area (Å²) in [6.45, 7) is 6.24. The van der Waals surface area contributed by atoms with E-state index in [0.29, 0.717) is 29.2 Å². The molecule has 0 saturated heterocycles. The molecule has 0 aliphatic carbocycles. The van der Waals surface area contributed by atoms with Crippen LogP contribution in [-0.4, -0.2) is 33.3 Å². The summed E-state index contributed by atoms with van der Waals surface area (Å²) in [5.41, 5.74) is 0. The summed E-state index contributed by atoms with van der Waals surface area (Å²) in [5, 5.41) is 11.8. The fraction of sp³-hybridized carbons (Fsp3) is 0.462. The summed E-state index contributed by atoms with van der Waals surface area (Å²) in [6.07, 6.45) is 2.56. The maximum atomic E-state index is 5.59. The number of thiocarbonyl (C=S) groups is 1. The molecule has 2 aromatic heterocycles. The standard InChI is InChI=1S/C13H18N4O2S/c1-3-7-17(13(20)14-4-2)9-11-15-16-12(19-11)10-6-5-8-18-10/h5-6,8H,3-4,7,9H2,1-2H3,(H,14,20). The molecule has 1 N–H and O–H groups in total. The molecule has 2 heterocycles. The van der Waals surface area contributed by atoms with Gasteiger partial charge in [0, 0.05) is 13.1 Å². The Hall–Kier alpha value is -1.89. The van der Waals surface area contributed by atoms with Crippen molar-refractivity contribution in [3.05, 3.63) is 24.3 Å². The van der Waals surface area contributed by atoms with Gasteiger partial charge in [0.05, 0.1) is 12.8 Å². The minimum absolute atomic E-state index is 0.385. The fourth-order valence-corrected chi connectivity index (χ4v) is 2.07. The Kier molecular flexibility index (Phi) is 5.11. The van der Waals surface area contributed by atoms with Crippen LogP contribution in [0.15, 0.2) is 27.2 Å². The van der Waals surface area contributed by atoms with Gasteiger partial charge in [0.2, 0.25) is 5.89 Å². The number of rotatable bonds is 6. The average Bonchev–Trinajstić information content (AvgIpc) is 3.09. The molecule has 0 bridgehead atoms. The summed E-state index contributed by atoms with van der Waals surface area (Å²) in [5.74, 6) is 1.47. The van der Waals surface area contributed by atoms with E-state index in [4.69, 9.17) is 21.1 Å². The molecule has 0 atom stereocenters. The molecule has 2 aromatic rings. The zero-order valence-electron chi connectivity index (χ0n) is 11.6. The van der Waals surface area contributed by atoms with Crippen molar-refractivity contribution in [1.82, 2.24) is 20.4 Å². The second-order valence-electron chi connectivity index (χ2n) is 4.24. The topological polar surface area (TPSA) is 67.3 Å². The first-order valence-corrected chi connectivity index (χ1v) is 7.04. The first-order valence-electron chi connectivity index (χ1n) is 6.63. The van der Waals surface area contributed by atoms with Crippen molar-refractivity contribution < 1.29 is 8.83 Å². The van der Waals surface area contributed by atoms with Gasteiger partial charge in [-0.15, -0.1) is 10.2 Å². The van der Waals surface area contributed by atoms with Crippen molar-refractivity contribution in [2.75, 3.05) is 13.1 Å². The van der Waals surface area contributed by atoms with Crippen LogP contribution in [0, 0.1) is 0 Å². The lowest BCUT2D eigenvalue weighted by molar-refractivity contribution is 0.349. The van der Waals surface area contributed by atoms with Crippen LogP contribution in [0.3, 0.4) is 0 Å². The van der Waals surface area contributed by atoms with Crippen LogP contribution in [0.4, 0.5) is 0 Å². The molecule has 6 nitrogen and oxygen atoms in total. The minimum Gasteiger partial charge on any atom is -0.459 e. The zero-order chi connectivity index (χ0) is 14.4. The summed E-state index contributed by atoms with van der Waals surface area (Å²) in [6, 6.07) is 3.56. The highest BCUT2D eigenvalue weighted by Gasteiger charge is 2.15. The smallest absolute Gasteiger partial charge is 0.283 e. The molecule has 2 rings (SSSR count). The van der Waals surface area contributed by atoms with Gasteiger partial charge in [0.25, 0.3) is 5.89 Å². The third-order valence-corrected chi connectivity index (χ3v) is 3.04. The zero-order valence-corrected chi connectivity index (χ0v) is 12.4. The Morgan fingerprint density at radius 2 is 2.25 bits per heavy atom. The first kappa shape index (κ1) is 14.5. The lowest BCUT2D eigenvalue weighted by Gasteiger charge is -2.23. The predicted octanol–water partition coefficient (Wildman–Crippen LogP) is 2.44. The molecule has 0 unspecified atom stereocenters. The highest BCUT2D eigenvalue weighted by Crippen LogP contribution is 2.18. The minimum atomic E-state index is 0.385. The SMILES string of the molecule is CCCN(Cc1nnc(-c2ccco2)o1)C(=S)NCC. The lowest BCUT2D eigenvalue weighted by Crippen LogP contribution is -2.39. The van der Waals surface area contributed by atoms with Gasteiger partial charge in [-0.25, -0.2) is 0 Å². The Labute approximate surface area is 123 Å². The lowest BCUT2D eigenvalue weighted by atomic mass is 10.4. The maximum absolute atomic E-state index is 5.59. The summed E-state index contributed by atoms with van der Waals surface area (Å²) < 4.78 is 10.8. The van der Waals surface area contributed by atoms with Crippen molar-refractivity contribution in [2.45, 2.75) is 26.8 Å². The Balaban J connectivity index is 2.05. The number of furan rings is 1. The van der Waals surface area contributed by atoms with Gasteiger partial charge in [-0.3, -0.25) is 0 Å². The number of hydrogen-bond donors (Lipinski definition) is 1. The second kappa shape index (κ2) is 7.04. The van der Waals surface area contributed by atoms with E-state index in [-0.39, 0.29) is 0 Å². The molecule has 0 amide bonds. The van der Waals surface area contributed by atoms with E-state index in [1.807, 2.05) is 11.8 Å². The van der Waals surface area contributed by atoms with Crippen molar-refractivity contribution >= 4 is 17.3 Å². The molecular weight excluding hydrogens is 276 g/mol. The fourth-order valence-electron chi connectivity index (χ4n) is 1.77. The van der Waals surface area contributed by atoms with Gasteiger partial charge in [0.1, 0.15) is 0 Å². The van der Waals surface area contributed by atoms with Crippen molar-refractivity contribution in [3.63, 3.8) is 0 Å². The highest BCUT2D eigenvalue weighted by atomic mass is 32.1. The van der Waals surface area contributed by atoms with E-state index >= 15 is 0 Å². The van der Waals surface area contributed by atoms with Crippen LogP contribution in [0.2, 0.25) is 0 Å². The largest absolute Gasteiger partial charge is 0.459 e. The summed E-state index contributed by atoms with van der Waals surface area (Å²) in [7, 11) is 0. The third kappa shape index (κ3) is 3.57. The normalized spacial score (nSPS) is 10.5. The Bertz CT molecular complexity index is 538. The maximum Gasteiger partial charge on any atom is 0.283 e. The van der Waals surface area contributed by atoms with Gasteiger partial charge in [-0.1, -0.05) is 6.92 Å². The number of hydrogen-bond acceptors (Lipinski definition) is 5. The van der Waals surface area contributed by atoms with Crippen LogP contribution in [-0.2, 0) is 6.54 Å². The monoisotopic (exact) mass is 294 g/mol. The number of nitrogens with one attached hydrogen (secondary N) is 1. The van der Waals surface area contributed by atoms with Gasteiger partial charge < -0.3 is 19.1 Å². The molecule has 0 radical (unpaired) electrons. The van der Waals surface area contributed by atoms with Crippen LogP contribution in [0.25, 0.3) is 11.7 Å². The van der Waals surface area contributed by atoms with E-state index in [9.17, 15) is 0 Å². The molecular formula is C13H18N4O2S. The molecule has 0 saturated carbocycles. The average molecular weight is 294 g/mol. The van der Waals surface area contributed by atoms with E-state index in [0.717, 1.165) is 19.5 Å². The molecule has 0 fully saturated rings. The van der Waals surface area contributed by atoms with E-state index < -0.39 is 0 Å². The summed E-state index contributed by atoms with van der Waals surface area (Å²) >= 11 is 5.33. The second-order valence-corrected chi connectivity index (χ2v) is 4.62. The van der Waals surface area contributed by atoms with E-state index in [1.54, 1.807) is 18.4 Å². The van der Waals surface area contributed by atoms with E-state index in [1.165, 1.54) is 0 Å². The molecule has 20 heavy (non-hydrogen) atoms. The van der Waals surface area contributed by atoms with Crippen molar-refractivity contribution in [1.29, 1.82) is 0 Å². The van der Waals surface area contributed by atoms with Gasteiger partial charge in [-0.05, 0) is 37.7 Å². The van der Waals surface area contributed by atoms with Gasteiger partial charge in [0.15, 0.2) is 10.9 Å². The number of aromatic nitrogens is 2. The molecule has 0 aliphatic rings. The first-order chi connectivity index (χ1) is 9.74. The molecule has 7 heteroatoms. The van der Waals surface area contributed by atoms with Gasteiger partial charge in [-0.2, -0.15) is 0 Å². The highest BCUT2D eigenvalue weighted by molar-refractivity contribution is 7.80. The van der Waals surface area contributed by atoms with Crippen LogP contribution < -0.4 is 5.32 Å². The molecule has 0 aromatic carbocycles. The van der Waals surface area contributed by atoms with Crippen LogP contribution >= 0.6 is 12.2 Å². The molecule has 0 spiro atoms. The Morgan fingerprint density at radius 1 is 1.40 bits per heavy atom. The van der Waals surface area contributed by atoms with Crippen molar-refractivity contribution in [2.24, 2.45) is 0 Å². The van der Waals surface area contributed by atoms with Crippen molar-refractivity contribution in [3.8, 4) is 11.7 Å². The number of nitrogens with zero attached hydrogens (tertiary/aromatic N) is 3. The quantitative estimate of drug-likeness (QED) is 0.821. The van der Waals surface area contributed by atoms with Crippen LogP contribution in [0.1, 0.15) is 26.2 Å².